The number of carbonyl (C=O) groups excluding carboxylic acids is 3. The van der Waals surface area contributed by atoms with Crippen molar-refractivity contribution in [3.63, 3.8) is 0 Å². The van der Waals surface area contributed by atoms with E-state index >= 15 is 0 Å². The maximum atomic E-state index is 12.8. The van der Waals surface area contributed by atoms with Gasteiger partial charge in [-0.1, -0.05) is 285 Å². The van der Waals surface area contributed by atoms with Crippen LogP contribution in [0.5, 0.6) is 0 Å². The van der Waals surface area contributed by atoms with E-state index in [-0.39, 0.29) is 31.1 Å². The minimum absolute atomic E-state index is 0.0627. The topological polar surface area (TPSA) is 78.9 Å². The molecule has 0 saturated carbocycles. The van der Waals surface area contributed by atoms with Gasteiger partial charge in [0, 0.05) is 19.3 Å². The van der Waals surface area contributed by atoms with E-state index in [1.54, 1.807) is 0 Å². The Bertz CT molecular complexity index is 949. The van der Waals surface area contributed by atoms with Gasteiger partial charge in [0.05, 0.1) is 0 Å². The summed E-state index contributed by atoms with van der Waals surface area (Å²) in [6.07, 6.45) is 55.3. The SMILES string of the molecule is CCCCCCCCCCCCCCCCCCCCC(=O)OC[C@H](COC(=O)CCCCCCCCCC(C)C)OC(=O)CCCCCCCCCCCCCCCCCCC. The van der Waals surface area contributed by atoms with Crippen molar-refractivity contribution in [2.75, 3.05) is 13.2 Å². The highest BCUT2D eigenvalue weighted by Crippen LogP contribution is 2.18. The smallest absolute Gasteiger partial charge is 0.306 e. The third-order valence-electron chi connectivity index (χ3n) is 13.0. The minimum Gasteiger partial charge on any atom is -0.462 e. The van der Waals surface area contributed by atoms with Gasteiger partial charge in [0.1, 0.15) is 13.2 Å². The molecule has 0 aromatic rings. The van der Waals surface area contributed by atoms with Crippen LogP contribution in [0.4, 0.5) is 0 Å². The van der Waals surface area contributed by atoms with Gasteiger partial charge in [-0.2, -0.15) is 0 Å². The van der Waals surface area contributed by atoms with Crippen LogP contribution in [0.2, 0.25) is 0 Å². The number of carbonyl (C=O) groups is 3. The van der Waals surface area contributed by atoms with E-state index in [4.69, 9.17) is 14.2 Å². The van der Waals surface area contributed by atoms with Crippen molar-refractivity contribution in [2.24, 2.45) is 5.92 Å². The van der Waals surface area contributed by atoms with E-state index in [9.17, 15) is 14.4 Å². The van der Waals surface area contributed by atoms with E-state index in [2.05, 4.69) is 27.7 Å². The van der Waals surface area contributed by atoms with E-state index < -0.39 is 6.10 Å². The lowest BCUT2D eigenvalue weighted by Crippen LogP contribution is -2.30. The van der Waals surface area contributed by atoms with Gasteiger partial charge in [0.15, 0.2) is 6.10 Å². The lowest BCUT2D eigenvalue weighted by atomic mass is 10.0. The number of unbranched alkanes of at least 4 members (excludes halogenated alkanes) is 39. The molecule has 0 aliphatic carbocycles. The zero-order chi connectivity index (χ0) is 45.9. The largest absolute Gasteiger partial charge is 0.462 e. The summed E-state index contributed by atoms with van der Waals surface area (Å²) in [7, 11) is 0. The fourth-order valence-corrected chi connectivity index (χ4v) is 8.75. The van der Waals surface area contributed by atoms with Crippen LogP contribution >= 0.6 is 0 Å². The predicted molar refractivity (Wildman–Crippen MR) is 270 cm³/mol. The molecule has 0 saturated heterocycles. The van der Waals surface area contributed by atoms with Crippen molar-refractivity contribution in [1.82, 2.24) is 0 Å². The summed E-state index contributed by atoms with van der Waals surface area (Å²) in [5.41, 5.74) is 0. The van der Waals surface area contributed by atoms with E-state index in [0.717, 1.165) is 63.7 Å². The van der Waals surface area contributed by atoms with Crippen LogP contribution in [0.25, 0.3) is 0 Å². The van der Waals surface area contributed by atoms with Crippen LogP contribution in [-0.2, 0) is 28.6 Å². The van der Waals surface area contributed by atoms with Gasteiger partial charge in [0.25, 0.3) is 0 Å². The third kappa shape index (κ3) is 51.3. The van der Waals surface area contributed by atoms with E-state index in [1.807, 2.05) is 0 Å². The highest BCUT2D eigenvalue weighted by Gasteiger charge is 2.19. The number of ether oxygens (including phenoxy) is 3. The second-order valence-corrected chi connectivity index (χ2v) is 20.1. The van der Waals surface area contributed by atoms with Crippen LogP contribution in [0.1, 0.15) is 323 Å². The molecule has 6 heteroatoms. The van der Waals surface area contributed by atoms with Crippen molar-refractivity contribution in [1.29, 1.82) is 0 Å². The maximum Gasteiger partial charge on any atom is 0.306 e. The summed E-state index contributed by atoms with van der Waals surface area (Å²) in [5, 5.41) is 0. The average molecular weight is 892 g/mol. The Morgan fingerprint density at radius 2 is 0.524 bits per heavy atom. The predicted octanol–water partition coefficient (Wildman–Crippen LogP) is 18.6. The third-order valence-corrected chi connectivity index (χ3v) is 13.0. The molecular formula is C57H110O6. The van der Waals surface area contributed by atoms with Crippen LogP contribution in [0, 0.1) is 5.92 Å². The van der Waals surface area contributed by atoms with Crippen molar-refractivity contribution >= 4 is 17.9 Å². The zero-order valence-corrected chi connectivity index (χ0v) is 43.0. The lowest BCUT2D eigenvalue weighted by molar-refractivity contribution is -0.167. The first-order valence-electron chi connectivity index (χ1n) is 28.4. The first-order valence-corrected chi connectivity index (χ1v) is 28.4. The molecular weight excluding hydrogens is 781 g/mol. The summed E-state index contributed by atoms with van der Waals surface area (Å²) in [4.78, 5) is 38.0. The molecule has 0 rings (SSSR count). The molecule has 0 radical (unpaired) electrons. The fraction of sp³-hybridized carbons (Fsp3) is 0.947. The van der Waals surface area contributed by atoms with Gasteiger partial charge in [-0.25, -0.2) is 0 Å². The molecule has 1 atom stereocenters. The highest BCUT2D eigenvalue weighted by molar-refractivity contribution is 5.71. The molecule has 0 heterocycles. The summed E-state index contributed by atoms with van der Waals surface area (Å²) < 4.78 is 16.9. The number of rotatable bonds is 52. The second-order valence-electron chi connectivity index (χ2n) is 20.1. The molecule has 0 unspecified atom stereocenters. The molecule has 0 N–H and O–H groups in total. The van der Waals surface area contributed by atoms with Crippen LogP contribution < -0.4 is 0 Å². The molecule has 0 amide bonds. The summed E-state index contributed by atoms with van der Waals surface area (Å²) in [5.74, 6) is -0.0597. The van der Waals surface area contributed by atoms with Gasteiger partial charge in [-0.3, -0.25) is 14.4 Å². The average Bonchev–Trinajstić information content (AvgIpc) is 3.27. The normalized spacial score (nSPS) is 12.0. The Morgan fingerprint density at radius 3 is 0.778 bits per heavy atom. The number of esters is 3. The summed E-state index contributed by atoms with van der Waals surface area (Å²) >= 11 is 0. The Labute approximate surface area is 393 Å². The Morgan fingerprint density at radius 1 is 0.302 bits per heavy atom. The van der Waals surface area contributed by atoms with E-state index in [1.165, 1.54) is 218 Å². The second kappa shape index (κ2) is 51.4. The molecule has 0 aromatic heterocycles. The Kier molecular flexibility index (Phi) is 50.1. The van der Waals surface area contributed by atoms with Crippen molar-refractivity contribution in [2.45, 2.75) is 329 Å². The summed E-state index contributed by atoms with van der Waals surface area (Å²) in [6.45, 7) is 9.00. The monoisotopic (exact) mass is 891 g/mol. The Balaban J connectivity index is 4.24. The van der Waals surface area contributed by atoms with Gasteiger partial charge in [0.2, 0.25) is 0 Å². The quantitative estimate of drug-likeness (QED) is 0.0344. The van der Waals surface area contributed by atoms with Crippen LogP contribution in [-0.4, -0.2) is 37.2 Å². The van der Waals surface area contributed by atoms with Crippen LogP contribution in [0.3, 0.4) is 0 Å². The Hall–Kier alpha value is -1.59. The van der Waals surface area contributed by atoms with Gasteiger partial charge in [-0.05, 0) is 25.2 Å². The molecule has 374 valence electrons. The number of hydrogen-bond acceptors (Lipinski definition) is 6. The molecule has 63 heavy (non-hydrogen) atoms. The molecule has 0 aromatic carbocycles. The first kappa shape index (κ1) is 61.4. The molecule has 0 aliphatic heterocycles. The van der Waals surface area contributed by atoms with Crippen molar-refractivity contribution in [3.8, 4) is 0 Å². The van der Waals surface area contributed by atoms with Crippen LogP contribution in [0.15, 0.2) is 0 Å². The molecule has 0 aliphatic rings. The fourth-order valence-electron chi connectivity index (χ4n) is 8.75. The maximum absolute atomic E-state index is 12.8. The minimum atomic E-state index is -0.762. The van der Waals surface area contributed by atoms with E-state index in [0.29, 0.717) is 19.3 Å². The molecule has 0 spiro atoms. The van der Waals surface area contributed by atoms with Gasteiger partial charge >= 0.3 is 17.9 Å². The standard InChI is InChI=1S/C57H110O6/c1-5-7-9-11-13-15-17-19-21-23-25-26-28-30-32-36-40-44-48-55(58)61-51-54(52-62-56(59)49-45-41-38-34-35-39-43-47-53(3)4)63-57(60)50-46-42-37-33-31-29-27-24-22-20-18-16-14-12-10-8-6-2/h53-54H,5-52H2,1-4H3/t54-/m1/s1. The molecule has 0 bridgehead atoms. The van der Waals surface area contributed by atoms with Gasteiger partial charge < -0.3 is 14.2 Å². The lowest BCUT2D eigenvalue weighted by Gasteiger charge is -2.18. The zero-order valence-electron chi connectivity index (χ0n) is 43.0. The van der Waals surface area contributed by atoms with Gasteiger partial charge in [-0.15, -0.1) is 0 Å². The van der Waals surface area contributed by atoms with Crippen molar-refractivity contribution in [3.05, 3.63) is 0 Å². The highest BCUT2D eigenvalue weighted by atomic mass is 16.6. The molecule has 0 fully saturated rings. The first-order chi connectivity index (χ1) is 30.9. The number of hydrogen-bond donors (Lipinski definition) is 0. The van der Waals surface area contributed by atoms with Crippen molar-refractivity contribution < 1.29 is 28.6 Å². The summed E-state index contributed by atoms with van der Waals surface area (Å²) in [6, 6.07) is 0. The molecule has 6 nitrogen and oxygen atoms in total.